The van der Waals surface area contributed by atoms with E-state index in [0.29, 0.717) is 6.61 Å². The van der Waals surface area contributed by atoms with Gasteiger partial charge in [-0.3, -0.25) is 0 Å². The molecule has 0 atom stereocenters. The van der Waals surface area contributed by atoms with Crippen LogP contribution in [-0.4, -0.2) is 71.6 Å². The Hall–Kier alpha value is 1.81. The molecule has 0 saturated carbocycles. The van der Waals surface area contributed by atoms with Gasteiger partial charge >= 0.3 is 67.6 Å². The summed E-state index contributed by atoms with van der Waals surface area (Å²) < 4.78 is 1.28. The van der Waals surface area contributed by atoms with Crippen molar-refractivity contribution in [1.82, 2.24) is 0 Å². The summed E-state index contributed by atoms with van der Waals surface area (Å²) in [6.45, 7) is 0.391. The van der Waals surface area contributed by atoms with E-state index in [9.17, 15) is 0 Å². The van der Waals surface area contributed by atoms with Gasteiger partial charge in [0.25, 0.3) is 0 Å². The molecule has 3 heteroatoms. The van der Waals surface area contributed by atoms with Crippen LogP contribution in [0.2, 0.25) is 0.515 Å². The summed E-state index contributed by atoms with van der Waals surface area (Å²) in [5, 5.41) is 8.10. The topological polar surface area (TPSA) is 20.2 Å². The van der Waals surface area contributed by atoms with Crippen molar-refractivity contribution in [2.24, 2.45) is 0 Å². The summed E-state index contributed by atoms with van der Waals surface area (Å²) in [7, 11) is 0. The molecule has 0 aromatic rings. The molecule has 0 aliphatic rings. The average Bonchev–Trinajstić information content (AvgIpc) is 1.41. The Bertz CT molecular complexity index is 18.3. The van der Waals surface area contributed by atoms with E-state index < -0.39 is 0 Å². The molecule has 0 aromatic heterocycles. The summed E-state index contributed by atoms with van der Waals surface area (Å²) in [6.07, 6.45) is 1.03. The van der Waals surface area contributed by atoms with Crippen LogP contribution in [-0.2, 0) is 0 Å². The molecule has 0 amide bonds. The zero-order valence-corrected chi connectivity index (χ0v) is 8.19. The van der Waals surface area contributed by atoms with Crippen LogP contribution in [0.25, 0.3) is 0 Å². The van der Waals surface area contributed by atoms with Gasteiger partial charge in [-0.25, -0.2) is 0 Å². The van der Waals surface area contributed by atoms with E-state index in [4.69, 9.17) is 5.11 Å². The third-order valence-corrected chi connectivity index (χ3v) is 1.62. The second kappa shape index (κ2) is 9.94. The van der Waals surface area contributed by atoms with Gasteiger partial charge in [-0.2, -0.15) is 0 Å². The minimum absolute atomic E-state index is 0. The molecule has 0 rings (SSSR count). The van der Waals surface area contributed by atoms with Gasteiger partial charge in [0, 0.05) is 11.0 Å². The molecule has 0 aliphatic heterocycles. The number of rotatable bonds is 2. The number of aliphatic hydroxyl groups excluding tert-OH is 1. The van der Waals surface area contributed by atoms with Crippen LogP contribution < -0.4 is 0 Å². The Morgan fingerprint density at radius 1 is 1.50 bits per heavy atom. The normalized spacial score (nSPS) is 7.17. The summed E-state index contributed by atoms with van der Waals surface area (Å²) in [5.41, 5.74) is 0. The predicted molar refractivity (Wildman–Crippen MR) is 28.0 cm³/mol. The first-order valence-electron chi connectivity index (χ1n) is 2.02. The first-order chi connectivity index (χ1) is 2.41. The van der Waals surface area contributed by atoms with Crippen molar-refractivity contribution in [3.63, 3.8) is 0 Å². The number of aliphatic hydroxyl groups is 1. The Labute approximate surface area is 77.1 Å². The maximum atomic E-state index is 8.10. The molecule has 0 fully saturated rings. The van der Waals surface area contributed by atoms with Crippen LogP contribution >= 0.6 is 0 Å². The number of hydrogen-bond acceptors (Lipinski definition) is 1. The van der Waals surface area contributed by atoms with Gasteiger partial charge in [0.1, 0.15) is 0 Å². The molecule has 0 aromatic carbocycles. The third kappa shape index (κ3) is 9.26. The molecule has 0 heterocycles. The van der Waals surface area contributed by atoms with Crippen LogP contribution in [0, 0.1) is 0 Å². The van der Waals surface area contributed by atoms with Gasteiger partial charge in [0.05, 0.1) is 0 Å². The average molecular weight is 126 g/mol. The largest absolute Gasteiger partial charge is 0 e. The zero-order chi connectivity index (χ0) is 4.12. The molecular formula is C3H7KOSi. The van der Waals surface area contributed by atoms with Crippen molar-refractivity contribution in [3.8, 4) is 0 Å². The summed E-state index contributed by atoms with van der Waals surface area (Å²) >= 11 is 0.954. The van der Waals surface area contributed by atoms with E-state index in [1.54, 1.807) is 0 Å². The Morgan fingerprint density at radius 2 is 2.00 bits per heavy atom. The monoisotopic (exact) mass is 126 g/mol. The van der Waals surface area contributed by atoms with Crippen molar-refractivity contribution in [2.75, 3.05) is 6.61 Å². The molecule has 0 saturated heterocycles. The SMILES string of the molecule is OCC[CH2][K].[Si]. The van der Waals surface area contributed by atoms with Gasteiger partial charge in [0.15, 0.2) is 0 Å². The van der Waals surface area contributed by atoms with Gasteiger partial charge in [-0.15, -0.1) is 0 Å². The number of hydrogen-bond donors (Lipinski definition) is 1. The smallest absolute Gasteiger partial charge is 0 e. The Morgan fingerprint density at radius 3 is 2.00 bits per heavy atom. The van der Waals surface area contributed by atoms with E-state index in [0.717, 1.165) is 55.4 Å². The van der Waals surface area contributed by atoms with E-state index in [-0.39, 0.29) is 11.0 Å². The molecule has 1 nitrogen and oxygen atoms in total. The second-order valence-corrected chi connectivity index (χ2v) is 2.64. The van der Waals surface area contributed by atoms with Crippen LogP contribution in [0.4, 0.5) is 0 Å². The molecule has 1 N–H and O–H groups in total. The van der Waals surface area contributed by atoms with Crippen molar-refractivity contribution >= 4 is 59.9 Å². The van der Waals surface area contributed by atoms with Gasteiger partial charge in [-0.05, 0) is 0 Å². The minimum Gasteiger partial charge on any atom is 0 e. The zero-order valence-electron chi connectivity index (χ0n) is 4.07. The Balaban J connectivity index is 0. The molecule has 30 valence electrons. The van der Waals surface area contributed by atoms with E-state index in [1.807, 2.05) is 0 Å². The third-order valence-electron chi connectivity index (χ3n) is 0.512. The molecule has 6 heavy (non-hydrogen) atoms. The maximum absolute atomic E-state index is 8.10. The second-order valence-electron chi connectivity index (χ2n) is 1.08. The van der Waals surface area contributed by atoms with E-state index in [1.165, 1.54) is 0.515 Å². The molecule has 0 bridgehead atoms. The Kier molecular flexibility index (Phi) is 17.8. The fourth-order valence-electron chi connectivity index (χ4n) is 0.158. The van der Waals surface area contributed by atoms with E-state index in [2.05, 4.69) is 0 Å². The first-order valence-corrected chi connectivity index (χ1v) is 4.23. The van der Waals surface area contributed by atoms with Crippen molar-refractivity contribution in [1.29, 1.82) is 0 Å². The minimum atomic E-state index is 0. The summed E-state index contributed by atoms with van der Waals surface area (Å²) in [6, 6.07) is 0. The molecular weight excluding hydrogens is 119 g/mol. The summed E-state index contributed by atoms with van der Waals surface area (Å²) in [4.78, 5) is 0. The first kappa shape index (κ1) is 10.7. The van der Waals surface area contributed by atoms with Crippen molar-refractivity contribution in [3.05, 3.63) is 0 Å². The van der Waals surface area contributed by atoms with Gasteiger partial charge in [0.2, 0.25) is 0 Å². The standard InChI is InChI=1S/C3H7O.K.Si/c1-2-3-4;;/h4H,1-3H2;;. The maximum Gasteiger partial charge on any atom is 0 e. The molecule has 4 radical (unpaired) electrons. The predicted octanol–water partition coefficient (Wildman–Crippen LogP) is -0.425. The van der Waals surface area contributed by atoms with Crippen LogP contribution in [0.1, 0.15) is 6.42 Å². The quantitative estimate of drug-likeness (QED) is 0.498. The van der Waals surface area contributed by atoms with Crippen LogP contribution in [0.3, 0.4) is 0 Å². The van der Waals surface area contributed by atoms with E-state index >= 15 is 0 Å². The fraction of sp³-hybridized carbons (Fsp3) is 1.00. The van der Waals surface area contributed by atoms with Gasteiger partial charge < -0.3 is 0 Å². The molecule has 0 spiro atoms. The van der Waals surface area contributed by atoms with Crippen LogP contribution in [0.5, 0.6) is 0 Å². The van der Waals surface area contributed by atoms with Crippen molar-refractivity contribution in [2.45, 2.75) is 6.94 Å². The fourth-order valence-corrected chi connectivity index (χ4v) is 0.652. The molecule has 0 unspecified atom stereocenters. The van der Waals surface area contributed by atoms with Gasteiger partial charge in [-0.1, -0.05) is 0 Å². The summed E-state index contributed by atoms with van der Waals surface area (Å²) in [5.74, 6) is 0. The van der Waals surface area contributed by atoms with Crippen LogP contribution in [0.15, 0.2) is 0 Å². The van der Waals surface area contributed by atoms with Crippen molar-refractivity contribution < 1.29 is 5.11 Å². The molecule has 0 aliphatic carbocycles.